The minimum Gasteiger partial charge on any atom is -0.351 e. The number of hydrogen-bond donors (Lipinski definition) is 2. The van der Waals surface area contributed by atoms with E-state index >= 15 is 0 Å². The van der Waals surface area contributed by atoms with Crippen molar-refractivity contribution >= 4 is 39.8 Å². The summed E-state index contributed by atoms with van der Waals surface area (Å²) < 4.78 is 14.2. The van der Waals surface area contributed by atoms with Crippen LogP contribution in [-0.4, -0.2) is 21.9 Å². The van der Waals surface area contributed by atoms with Gasteiger partial charge in [-0.2, -0.15) is 0 Å². The second-order valence-corrected chi connectivity index (χ2v) is 8.15. The van der Waals surface area contributed by atoms with Gasteiger partial charge in [0.2, 0.25) is 11.0 Å². The summed E-state index contributed by atoms with van der Waals surface area (Å²) >= 11 is 2.69. The molecule has 140 valence electrons. The van der Waals surface area contributed by atoms with Crippen molar-refractivity contribution in [3.63, 3.8) is 0 Å². The maximum absolute atomic E-state index is 13.5. The van der Waals surface area contributed by atoms with Crippen molar-refractivity contribution in [3.8, 4) is 0 Å². The van der Waals surface area contributed by atoms with Crippen LogP contribution in [0, 0.1) is 19.7 Å². The molecule has 27 heavy (non-hydrogen) atoms. The Balaban J connectivity index is 1.48. The van der Waals surface area contributed by atoms with Crippen LogP contribution in [0.5, 0.6) is 0 Å². The van der Waals surface area contributed by atoms with Crippen LogP contribution in [-0.2, 0) is 11.3 Å². The van der Waals surface area contributed by atoms with E-state index in [1.807, 2.05) is 12.1 Å². The smallest absolute Gasteiger partial charge is 0.230 e. The number of amides is 1. The number of aromatic nitrogens is 2. The Labute approximate surface area is 165 Å². The van der Waals surface area contributed by atoms with Crippen LogP contribution >= 0.6 is 23.1 Å². The van der Waals surface area contributed by atoms with Gasteiger partial charge in [0.15, 0.2) is 4.34 Å². The van der Waals surface area contributed by atoms with E-state index in [2.05, 4.69) is 40.7 Å². The minimum atomic E-state index is -0.323. The first-order valence-corrected chi connectivity index (χ1v) is 10.1. The second kappa shape index (κ2) is 8.96. The van der Waals surface area contributed by atoms with Gasteiger partial charge in [-0.05, 0) is 43.2 Å². The fraction of sp³-hybridized carbons (Fsp3) is 0.211. The number of nitrogens with one attached hydrogen (secondary N) is 2. The predicted molar refractivity (Wildman–Crippen MR) is 108 cm³/mol. The molecule has 2 aromatic carbocycles. The quantitative estimate of drug-likeness (QED) is 0.572. The Morgan fingerprint density at radius 2 is 1.96 bits per heavy atom. The van der Waals surface area contributed by atoms with E-state index in [4.69, 9.17) is 0 Å². The summed E-state index contributed by atoms with van der Waals surface area (Å²) in [6.45, 7) is 4.29. The normalized spacial score (nSPS) is 10.6. The van der Waals surface area contributed by atoms with Gasteiger partial charge in [0.1, 0.15) is 5.82 Å². The molecule has 1 heterocycles. The molecule has 0 fully saturated rings. The third-order valence-electron chi connectivity index (χ3n) is 3.93. The summed E-state index contributed by atoms with van der Waals surface area (Å²) in [6, 6.07) is 12.5. The van der Waals surface area contributed by atoms with Gasteiger partial charge in [0.25, 0.3) is 0 Å². The van der Waals surface area contributed by atoms with E-state index in [9.17, 15) is 9.18 Å². The molecule has 1 aromatic heterocycles. The number of hydrogen-bond acceptors (Lipinski definition) is 6. The van der Waals surface area contributed by atoms with Crippen LogP contribution in [0.2, 0.25) is 0 Å². The molecule has 1 amide bonds. The molecule has 0 radical (unpaired) electrons. The molecule has 0 aliphatic carbocycles. The number of nitrogens with zero attached hydrogens (tertiary/aromatic N) is 2. The number of benzene rings is 2. The van der Waals surface area contributed by atoms with Crippen LogP contribution in [0.15, 0.2) is 46.8 Å². The summed E-state index contributed by atoms with van der Waals surface area (Å²) in [4.78, 5) is 12.0. The molecule has 0 saturated heterocycles. The van der Waals surface area contributed by atoms with Crippen LogP contribution in [0.1, 0.15) is 16.7 Å². The average molecular weight is 403 g/mol. The number of carbonyl (C=O) groups is 1. The lowest BCUT2D eigenvalue weighted by Crippen LogP contribution is -2.24. The first-order valence-electron chi connectivity index (χ1n) is 8.32. The molecule has 0 bridgehead atoms. The average Bonchev–Trinajstić information content (AvgIpc) is 3.10. The minimum absolute atomic E-state index is 0.168. The Morgan fingerprint density at radius 1 is 1.15 bits per heavy atom. The summed E-state index contributed by atoms with van der Waals surface area (Å²) in [5, 5.41) is 14.8. The fourth-order valence-electron chi connectivity index (χ4n) is 2.28. The van der Waals surface area contributed by atoms with E-state index in [0.29, 0.717) is 15.0 Å². The van der Waals surface area contributed by atoms with Crippen LogP contribution in [0.3, 0.4) is 0 Å². The SMILES string of the molecule is Cc1ccc(Nc2nnc(SCC(=O)NCc3ccccc3F)s2)cc1C. The second-order valence-electron chi connectivity index (χ2n) is 5.95. The van der Waals surface area contributed by atoms with Crippen molar-refractivity contribution in [2.75, 3.05) is 11.1 Å². The van der Waals surface area contributed by atoms with E-state index in [0.717, 1.165) is 5.69 Å². The summed E-state index contributed by atoms with van der Waals surface area (Å²) in [7, 11) is 0. The summed E-state index contributed by atoms with van der Waals surface area (Å²) in [5.41, 5.74) is 3.85. The highest BCUT2D eigenvalue weighted by atomic mass is 32.2. The predicted octanol–water partition coefficient (Wildman–Crippen LogP) is 4.45. The van der Waals surface area contributed by atoms with Crippen molar-refractivity contribution in [3.05, 3.63) is 65.0 Å². The molecule has 2 N–H and O–H groups in total. The standard InChI is InChI=1S/C19H19FN4OS2/c1-12-7-8-15(9-13(12)2)22-18-23-24-19(27-18)26-11-17(25)21-10-14-5-3-4-6-16(14)20/h3-9H,10-11H2,1-2H3,(H,21,25)(H,22,23). The highest BCUT2D eigenvalue weighted by molar-refractivity contribution is 8.01. The van der Waals surface area contributed by atoms with Crippen molar-refractivity contribution in [1.29, 1.82) is 0 Å². The van der Waals surface area contributed by atoms with Gasteiger partial charge in [0, 0.05) is 17.8 Å². The fourth-order valence-corrected chi connectivity index (χ4v) is 3.88. The Bertz CT molecular complexity index is 945. The molecule has 0 saturated carbocycles. The van der Waals surface area contributed by atoms with Crippen molar-refractivity contribution in [2.24, 2.45) is 0 Å². The Morgan fingerprint density at radius 3 is 2.74 bits per heavy atom. The topological polar surface area (TPSA) is 66.9 Å². The molecule has 8 heteroatoms. The van der Waals surface area contributed by atoms with Crippen molar-refractivity contribution in [1.82, 2.24) is 15.5 Å². The Hall–Kier alpha value is -2.45. The molecule has 0 atom stereocenters. The highest BCUT2D eigenvalue weighted by Gasteiger charge is 2.09. The molecule has 0 aliphatic rings. The van der Waals surface area contributed by atoms with E-state index < -0.39 is 0 Å². The molecule has 0 spiro atoms. The van der Waals surface area contributed by atoms with Gasteiger partial charge in [-0.1, -0.05) is 47.4 Å². The maximum atomic E-state index is 13.5. The molecule has 0 aliphatic heterocycles. The summed E-state index contributed by atoms with van der Waals surface area (Å²) in [6.07, 6.45) is 0. The number of anilines is 2. The molecule has 0 unspecified atom stereocenters. The van der Waals surface area contributed by atoms with Crippen LogP contribution < -0.4 is 10.6 Å². The number of carbonyl (C=O) groups excluding carboxylic acids is 1. The van der Waals surface area contributed by atoms with Crippen LogP contribution in [0.25, 0.3) is 0 Å². The maximum Gasteiger partial charge on any atom is 0.230 e. The highest BCUT2D eigenvalue weighted by Crippen LogP contribution is 2.28. The third-order valence-corrected chi connectivity index (χ3v) is 5.90. The number of rotatable bonds is 7. The van der Waals surface area contributed by atoms with E-state index in [-0.39, 0.29) is 24.0 Å². The van der Waals surface area contributed by atoms with Gasteiger partial charge in [-0.25, -0.2) is 4.39 Å². The number of aryl methyl sites for hydroxylation is 2. The molecular weight excluding hydrogens is 383 g/mol. The van der Waals surface area contributed by atoms with Gasteiger partial charge < -0.3 is 10.6 Å². The van der Waals surface area contributed by atoms with Crippen molar-refractivity contribution in [2.45, 2.75) is 24.7 Å². The molecule has 3 aromatic rings. The Kier molecular flexibility index (Phi) is 6.41. The third kappa shape index (κ3) is 5.51. The molecule has 5 nitrogen and oxygen atoms in total. The van der Waals surface area contributed by atoms with E-state index in [1.165, 1.54) is 40.3 Å². The van der Waals surface area contributed by atoms with Crippen LogP contribution in [0.4, 0.5) is 15.2 Å². The van der Waals surface area contributed by atoms with Gasteiger partial charge in [-0.15, -0.1) is 10.2 Å². The van der Waals surface area contributed by atoms with Gasteiger partial charge in [-0.3, -0.25) is 4.79 Å². The van der Waals surface area contributed by atoms with Gasteiger partial charge >= 0.3 is 0 Å². The molecule has 3 rings (SSSR count). The van der Waals surface area contributed by atoms with Crippen molar-refractivity contribution < 1.29 is 9.18 Å². The zero-order valence-electron chi connectivity index (χ0n) is 15.0. The number of halogens is 1. The summed E-state index contributed by atoms with van der Waals surface area (Å²) in [5.74, 6) is -0.300. The molecular formula is C19H19FN4OS2. The zero-order valence-corrected chi connectivity index (χ0v) is 16.6. The zero-order chi connectivity index (χ0) is 19.2. The first-order chi connectivity index (χ1) is 13.0. The first kappa shape index (κ1) is 19.3. The number of thioether (sulfide) groups is 1. The van der Waals surface area contributed by atoms with Gasteiger partial charge in [0.05, 0.1) is 5.75 Å². The lowest BCUT2D eigenvalue weighted by atomic mass is 10.1. The monoisotopic (exact) mass is 402 g/mol. The lowest BCUT2D eigenvalue weighted by molar-refractivity contribution is -0.118. The lowest BCUT2D eigenvalue weighted by Gasteiger charge is -2.05. The largest absolute Gasteiger partial charge is 0.351 e. The van der Waals surface area contributed by atoms with E-state index in [1.54, 1.807) is 18.2 Å².